The molecular formula is C18H17FN4O2S. The standard InChI is InChI=1S/C18H17FN4O2S/c19-14-5-4-12(22-16(24)15-3-1-2-7-21-15)9-13(14)18-11(6-8-25-18)10-26-17(20)23-18/h1-5,7,9,11H,6,8,10H2,(H2,20,23)(H,22,24). The highest BCUT2D eigenvalue weighted by molar-refractivity contribution is 8.13. The highest BCUT2D eigenvalue weighted by atomic mass is 32.2. The smallest absolute Gasteiger partial charge is 0.274 e. The Kier molecular flexibility index (Phi) is 4.37. The Morgan fingerprint density at radius 1 is 1.38 bits per heavy atom. The maximum Gasteiger partial charge on any atom is 0.274 e. The molecule has 8 heteroatoms. The molecule has 2 atom stereocenters. The van der Waals surface area contributed by atoms with E-state index in [1.165, 1.54) is 30.1 Å². The second-order valence-corrected chi connectivity index (χ2v) is 7.20. The molecule has 2 aliphatic heterocycles. The summed E-state index contributed by atoms with van der Waals surface area (Å²) in [4.78, 5) is 20.8. The molecule has 0 saturated carbocycles. The summed E-state index contributed by atoms with van der Waals surface area (Å²) in [6.07, 6.45) is 2.33. The van der Waals surface area contributed by atoms with Gasteiger partial charge in [-0.05, 0) is 36.8 Å². The summed E-state index contributed by atoms with van der Waals surface area (Å²) in [6.45, 7) is 0.492. The molecule has 1 saturated heterocycles. The number of nitrogens with zero attached hydrogens (tertiary/aromatic N) is 2. The number of halogens is 1. The van der Waals surface area contributed by atoms with Crippen molar-refractivity contribution in [2.45, 2.75) is 12.1 Å². The van der Waals surface area contributed by atoms with E-state index in [-0.39, 0.29) is 17.5 Å². The number of aliphatic imine (C=N–C) groups is 1. The number of nitrogens with two attached hydrogens (primary N) is 1. The third-order valence-electron chi connectivity index (χ3n) is 4.56. The first-order valence-electron chi connectivity index (χ1n) is 8.23. The topological polar surface area (TPSA) is 89.6 Å². The Morgan fingerprint density at radius 3 is 3.08 bits per heavy atom. The third-order valence-corrected chi connectivity index (χ3v) is 5.51. The summed E-state index contributed by atoms with van der Waals surface area (Å²) in [5.74, 6) is -0.0433. The van der Waals surface area contributed by atoms with Gasteiger partial charge >= 0.3 is 0 Å². The van der Waals surface area contributed by atoms with Crippen molar-refractivity contribution in [1.29, 1.82) is 0 Å². The minimum absolute atomic E-state index is 0.0380. The molecular weight excluding hydrogens is 355 g/mol. The number of ether oxygens (including phenoxy) is 1. The van der Waals surface area contributed by atoms with Gasteiger partial charge in [0.2, 0.25) is 0 Å². The van der Waals surface area contributed by atoms with Crippen molar-refractivity contribution in [3.63, 3.8) is 0 Å². The van der Waals surface area contributed by atoms with Crippen LogP contribution in [0.1, 0.15) is 22.5 Å². The van der Waals surface area contributed by atoms with E-state index in [1.807, 2.05) is 0 Å². The SMILES string of the molecule is NC1=NC2(c3cc(NC(=O)c4ccccn4)ccc3F)OCCC2CS1. The summed E-state index contributed by atoms with van der Waals surface area (Å²) >= 11 is 1.45. The van der Waals surface area contributed by atoms with Gasteiger partial charge in [-0.25, -0.2) is 9.38 Å². The minimum Gasteiger partial charge on any atom is -0.378 e. The molecule has 0 spiro atoms. The number of benzene rings is 1. The van der Waals surface area contributed by atoms with E-state index < -0.39 is 11.5 Å². The quantitative estimate of drug-likeness (QED) is 0.865. The number of hydrogen-bond acceptors (Lipinski definition) is 6. The van der Waals surface area contributed by atoms with E-state index in [0.29, 0.717) is 23.0 Å². The summed E-state index contributed by atoms with van der Waals surface area (Å²) in [7, 11) is 0. The number of amidine groups is 1. The maximum atomic E-state index is 14.7. The van der Waals surface area contributed by atoms with E-state index in [0.717, 1.165) is 12.2 Å². The fraction of sp³-hybridized carbons (Fsp3) is 0.278. The van der Waals surface area contributed by atoms with E-state index in [4.69, 9.17) is 10.5 Å². The number of carbonyl (C=O) groups is 1. The van der Waals surface area contributed by atoms with Gasteiger partial charge in [0.15, 0.2) is 10.9 Å². The number of rotatable bonds is 3. The molecule has 26 heavy (non-hydrogen) atoms. The van der Waals surface area contributed by atoms with Crippen LogP contribution >= 0.6 is 11.8 Å². The highest BCUT2D eigenvalue weighted by Crippen LogP contribution is 2.48. The molecule has 2 unspecified atom stereocenters. The number of nitrogens with one attached hydrogen (secondary N) is 1. The van der Waals surface area contributed by atoms with Gasteiger partial charge in [0.1, 0.15) is 11.5 Å². The van der Waals surface area contributed by atoms with E-state index in [9.17, 15) is 9.18 Å². The van der Waals surface area contributed by atoms with Gasteiger partial charge in [0, 0.05) is 29.1 Å². The molecule has 1 aromatic carbocycles. The minimum atomic E-state index is -1.12. The van der Waals surface area contributed by atoms with Crippen molar-refractivity contribution in [1.82, 2.24) is 4.98 Å². The molecule has 0 aliphatic carbocycles. The molecule has 4 rings (SSSR count). The van der Waals surface area contributed by atoms with Crippen LogP contribution in [0, 0.1) is 11.7 Å². The number of pyridine rings is 1. The Labute approximate surface area is 154 Å². The van der Waals surface area contributed by atoms with Crippen molar-refractivity contribution in [3.05, 3.63) is 59.7 Å². The van der Waals surface area contributed by atoms with Crippen LogP contribution in [0.2, 0.25) is 0 Å². The Balaban J connectivity index is 1.69. The number of fused-ring (bicyclic) bond motifs is 1. The fourth-order valence-corrected chi connectivity index (χ4v) is 4.26. The Hall–Kier alpha value is -2.45. The molecule has 3 N–H and O–H groups in total. The van der Waals surface area contributed by atoms with Crippen molar-refractivity contribution >= 4 is 28.5 Å². The lowest BCUT2D eigenvalue weighted by atomic mass is 9.89. The van der Waals surface area contributed by atoms with Gasteiger partial charge in [-0.15, -0.1) is 0 Å². The van der Waals surface area contributed by atoms with Gasteiger partial charge in [0.25, 0.3) is 5.91 Å². The number of thioether (sulfide) groups is 1. The normalized spacial score (nSPS) is 24.7. The summed E-state index contributed by atoms with van der Waals surface area (Å²) in [5, 5.41) is 3.12. The van der Waals surface area contributed by atoms with Crippen molar-refractivity contribution in [2.24, 2.45) is 16.6 Å². The van der Waals surface area contributed by atoms with Crippen LogP contribution in [0.4, 0.5) is 10.1 Å². The van der Waals surface area contributed by atoms with Crippen molar-refractivity contribution in [3.8, 4) is 0 Å². The zero-order valence-corrected chi connectivity index (χ0v) is 14.6. The number of hydrogen-bond donors (Lipinski definition) is 2. The first kappa shape index (κ1) is 17.0. The van der Waals surface area contributed by atoms with Gasteiger partial charge in [-0.1, -0.05) is 17.8 Å². The second-order valence-electron chi connectivity index (χ2n) is 6.16. The van der Waals surface area contributed by atoms with Gasteiger partial charge in [0.05, 0.1) is 6.61 Å². The van der Waals surface area contributed by atoms with Gasteiger partial charge in [-0.3, -0.25) is 9.78 Å². The van der Waals surface area contributed by atoms with E-state index >= 15 is 0 Å². The molecule has 1 aromatic heterocycles. The lowest BCUT2D eigenvalue weighted by Gasteiger charge is -2.34. The maximum absolute atomic E-state index is 14.7. The number of aromatic nitrogens is 1. The largest absolute Gasteiger partial charge is 0.378 e. The predicted molar refractivity (Wildman–Crippen MR) is 98.4 cm³/mol. The van der Waals surface area contributed by atoms with Crippen molar-refractivity contribution < 1.29 is 13.9 Å². The Morgan fingerprint density at radius 2 is 2.27 bits per heavy atom. The molecule has 0 bridgehead atoms. The zero-order chi connectivity index (χ0) is 18.1. The van der Waals surface area contributed by atoms with Crippen LogP contribution in [-0.4, -0.2) is 28.4 Å². The van der Waals surface area contributed by atoms with Crippen LogP contribution in [0.25, 0.3) is 0 Å². The molecule has 3 heterocycles. The predicted octanol–water partition coefficient (Wildman–Crippen LogP) is 2.72. The highest BCUT2D eigenvalue weighted by Gasteiger charge is 2.49. The van der Waals surface area contributed by atoms with Crippen LogP contribution < -0.4 is 11.1 Å². The molecule has 6 nitrogen and oxygen atoms in total. The van der Waals surface area contributed by atoms with Crippen molar-refractivity contribution in [2.75, 3.05) is 17.7 Å². The number of carbonyl (C=O) groups excluding carboxylic acids is 1. The average molecular weight is 372 g/mol. The molecule has 1 fully saturated rings. The van der Waals surface area contributed by atoms with E-state index in [2.05, 4.69) is 15.3 Å². The average Bonchev–Trinajstić information content (AvgIpc) is 3.07. The summed E-state index contributed by atoms with van der Waals surface area (Å²) in [6, 6.07) is 9.45. The van der Waals surface area contributed by atoms with Gasteiger partial charge in [-0.2, -0.15) is 0 Å². The van der Waals surface area contributed by atoms with Crippen LogP contribution in [0.3, 0.4) is 0 Å². The molecule has 0 radical (unpaired) electrons. The zero-order valence-electron chi connectivity index (χ0n) is 13.8. The molecule has 2 aromatic rings. The van der Waals surface area contributed by atoms with Crippen LogP contribution in [-0.2, 0) is 10.5 Å². The second kappa shape index (κ2) is 6.69. The summed E-state index contributed by atoms with van der Waals surface area (Å²) in [5.41, 5.74) is 5.80. The number of amides is 1. The molecule has 134 valence electrons. The summed E-state index contributed by atoms with van der Waals surface area (Å²) < 4.78 is 20.5. The number of anilines is 1. The first-order valence-corrected chi connectivity index (χ1v) is 9.21. The molecule has 2 aliphatic rings. The molecule has 1 amide bonds. The van der Waals surface area contributed by atoms with Crippen LogP contribution in [0.5, 0.6) is 0 Å². The lowest BCUT2D eigenvalue weighted by molar-refractivity contribution is -0.0170. The van der Waals surface area contributed by atoms with Gasteiger partial charge < -0.3 is 15.8 Å². The third kappa shape index (κ3) is 2.95. The van der Waals surface area contributed by atoms with Crippen LogP contribution in [0.15, 0.2) is 47.6 Å². The van der Waals surface area contributed by atoms with E-state index in [1.54, 1.807) is 24.3 Å². The fourth-order valence-electron chi connectivity index (χ4n) is 3.30. The monoisotopic (exact) mass is 372 g/mol. The first-order chi connectivity index (χ1) is 12.6. The Bertz CT molecular complexity index is 877. The lowest BCUT2D eigenvalue weighted by Crippen LogP contribution is -2.38.